The van der Waals surface area contributed by atoms with E-state index in [0.29, 0.717) is 18.4 Å². The fraction of sp³-hybridized carbons (Fsp3) is 0.438. The van der Waals surface area contributed by atoms with E-state index in [4.69, 9.17) is 9.47 Å². The molecule has 2 aromatic carbocycles. The molecule has 1 fully saturated rings. The van der Waals surface area contributed by atoms with E-state index in [0.717, 1.165) is 18.4 Å². The number of aliphatic hydroxyl groups is 1. The molecule has 224 valence electrons. The van der Waals surface area contributed by atoms with Gasteiger partial charge in [0.05, 0.1) is 24.6 Å². The van der Waals surface area contributed by atoms with Crippen LogP contribution in [-0.4, -0.2) is 53.7 Å². The number of rotatable bonds is 8. The molecule has 1 heterocycles. The van der Waals surface area contributed by atoms with Crippen LogP contribution in [-0.2, 0) is 30.5 Å². The van der Waals surface area contributed by atoms with Crippen LogP contribution in [0, 0.1) is 5.92 Å². The van der Waals surface area contributed by atoms with Crippen LogP contribution < -0.4 is 16.0 Å². The summed E-state index contributed by atoms with van der Waals surface area (Å²) in [7, 11) is 0. The van der Waals surface area contributed by atoms with Gasteiger partial charge < -0.3 is 30.5 Å². The van der Waals surface area contributed by atoms with E-state index in [2.05, 4.69) is 16.0 Å². The van der Waals surface area contributed by atoms with Crippen LogP contribution >= 0.6 is 0 Å². The lowest BCUT2D eigenvalue weighted by molar-refractivity contribution is -0.152. The van der Waals surface area contributed by atoms with Gasteiger partial charge in [0.1, 0.15) is 18.8 Å². The minimum atomic E-state index is -1.03. The zero-order chi connectivity index (χ0) is 29.8. The molecule has 4 rings (SSSR count). The topological polar surface area (TPSA) is 143 Å². The van der Waals surface area contributed by atoms with Crippen LogP contribution in [0.25, 0.3) is 0 Å². The van der Waals surface area contributed by atoms with Gasteiger partial charge in [-0.3, -0.25) is 9.59 Å². The molecule has 2 aliphatic rings. The second-order valence-electron chi connectivity index (χ2n) is 10.9. The lowest BCUT2D eigenvalue weighted by Gasteiger charge is -2.29. The van der Waals surface area contributed by atoms with Crippen LogP contribution in [0.4, 0.5) is 4.79 Å². The molecule has 3 unspecified atom stereocenters. The molecule has 42 heavy (non-hydrogen) atoms. The minimum Gasteiger partial charge on any atom is -0.454 e. The smallest absolute Gasteiger partial charge is 0.408 e. The summed E-state index contributed by atoms with van der Waals surface area (Å²) in [6, 6.07) is 17.2. The van der Waals surface area contributed by atoms with Gasteiger partial charge in [0, 0.05) is 6.42 Å². The van der Waals surface area contributed by atoms with E-state index in [1.165, 1.54) is 0 Å². The Balaban J connectivity index is 1.47. The van der Waals surface area contributed by atoms with Crippen molar-refractivity contribution in [2.24, 2.45) is 5.92 Å². The highest BCUT2D eigenvalue weighted by atomic mass is 16.6. The van der Waals surface area contributed by atoms with Crippen LogP contribution in [0.3, 0.4) is 0 Å². The number of carbonyl (C=O) groups is 4. The van der Waals surface area contributed by atoms with Gasteiger partial charge in [0.15, 0.2) is 0 Å². The maximum absolute atomic E-state index is 13.2. The molecule has 3 amide bonds. The molecule has 0 bridgehead atoms. The number of allylic oxidation sites excluding steroid dienone is 1. The van der Waals surface area contributed by atoms with Gasteiger partial charge in [-0.05, 0) is 36.8 Å². The van der Waals surface area contributed by atoms with Gasteiger partial charge in [-0.25, -0.2) is 9.59 Å². The molecule has 1 aliphatic heterocycles. The summed E-state index contributed by atoms with van der Waals surface area (Å²) in [4.78, 5) is 52.0. The number of ether oxygens (including phenoxy) is 2. The maximum atomic E-state index is 13.2. The number of carbonyl (C=O) groups excluding carboxylic acids is 4. The normalized spacial score (nSPS) is 22.5. The highest BCUT2D eigenvalue weighted by Gasteiger charge is 2.36. The Hall–Kier alpha value is -4.18. The van der Waals surface area contributed by atoms with Gasteiger partial charge >= 0.3 is 12.1 Å². The standard InChI is InChI=1S/C32H39N3O7/c36-22-32(17-9-10-18-32)35-28(37)19-25-15-7-8-16-26(34-31(40)41-21-23-11-3-1-4-12-23)30(39)42-27(20-33-29(25)38)24-13-5-2-6-14-24/h1-8,11-14,25-27,36H,9-10,15-22H2,(H,33,38)(H,34,40)(H,35,37). The van der Waals surface area contributed by atoms with Gasteiger partial charge in [-0.1, -0.05) is 85.7 Å². The highest BCUT2D eigenvalue weighted by Crippen LogP contribution is 2.29. The second-order valence-corrected chi connectivity index (χ2v) is 10.9. The number of alkyl carbamates (subject to hydrolysis) is 1. The average molecular weight is 578 g/mol. The number of benzene rings is 2. The summed E-state index contributed by atoms with van der Waals surface area (Å²) in [5, 5.41) is 18.3. The van der Waals surface area contributed by atoms with Gasteiger partial charge in [-0.15, -0.1) is 0 Å². The molecule has 3 atom stereocenters. The number of amides is 3. The van der Waals surface area contributed by atoms with Crippen molar-refractivity contribution < 1.29 is 33.8 Å². The summed E-state index contributed by atoms with van der Waals surface area (Å²) in [5.41, 5.74) is 0.848. The van der Waals surface area contributed by atoms with Crippen LogP contribution in [0.2, 0.25) is 0 Å². The van der Waals surface area contributed by atoms with Gasteiger partial charge in [-0.2, -0.15) is 0 Å². The summed E-state index contributed by atoms with van der Waals surface area (Å²) in [6.45, 7) is -0.103. The van der Waals surface area contributed by atoms with Crippen molar-refractivity contribution in [1.29, 1.82) is 0 Å². The van der Waals surface area contributed by atoms with Crippen molar-refractivity contribution in [2.75, 3.05) is 13.2 Å². The van der Waals surface area contributed by atoms with Crippen molar-refractivity contribution in [3.63, 3.8) is 0 Å². The molecule has 0 radical (unpaired) electrons. The molecule has 0 saturated heterocycles. The lowest BCUT2D eigenvalue weighted by atomic mass is 9.95. The third-order valence-corrected chi connectivity index (χ3v) is 7.71. The Morgan fingerprint density at radius 2 is 1.64 bits per heavy atom. The maximum Gasteiger partial charge on any atom is 0.408 e. The van der Waals surface area contributed by atoms with E-state index in [1.807, 2.05) is 36.4 Å². The summed E-state index contributed by atoms with van der Waals surface area (Å²) in [6.07, 6.45) is 5.42. The first kappa shape index (κ1) is 30.8. The van der Waals surface area contributed by atoms with E-state index in [1.54, 1.807) is 36.4 Å². The highest BCUT2D eigenvalue weighted by molar-refractivity contribution is 5.86. The quantitative estimate of drug-likeness (QED) is 0.278. The first-order valence-corrected chi connectivity index (χ1v) is 14.4. The van der Waals surface area contributed by atoms with E-state index < -0.39 is 35.7 Å². The number of hydrogen-bond acceptors (Lipinski definition) is 7. The van der Waals surface area contributed by atoms with E-state index in [-0.39, 0.29) is 50.8 Å². The van der Waals surface area contributed by atoms with Crippen LogP contribution in [0.5, 0.6) is 0 Å². The number of aliphatic hydroxyl groups excluding tert-OH is 1. The van der Waals surface area contributed by atoms with Crippen molar-refractivity contribution >= 4 is 23.9 Å². The summed E-state index contributed by atoms with van der Waals surface area (Å²) >= 11 is 0. The largest absolute Gasteiger partial charge is 0.454 e. The Kier molecular flexibility index (Phi) is 11.1. The van der Waals surface area contributed by atoms with E-state index >= 15 is 0 Å². The third-order valence-electron chi connectivity index (χ3n) is 7.71. The molecular weight excluding hydrogens is 538 g/mol. The predicted octanol–water partition coefficient (Wildman–Crippen LogP) is 3.46. The lowest BCUT2D eigenvalue weighted by Crippen LogP contribution is -2.50. The molecule has 1 aliphatic carbocycles. The summed E-state index contributed by atoms with van der Waals surface area (Å²) < 4.78 is 11.1. The van der Waals surface area contributed by atoms with Crippen molar-refractivity contribution in [1.82, 2.24) is 16.0 Å². The molecule has 4 N–H and O–H groups in total. The SMILES string of the molecule is O=C(CC1CC=CCC(NC(=O)OCc2ccccc2)C(=O)OC(c2ccccc2)CNC1=O)NC1(CO)CCCC1. The summed E-state index contributed by atoms with van der Waals surface area (Å²) in [5.74, 6) is -1.97. The zero-order valence-electron chi connectivity index (χ0n) is 23.6. The fourth-order valence-electron chi connectivity index (χ4n) is 5.30. The minimum absolute atomic E-state index is 0.0117. The van der Waals surface area contributed by atoms with Crippen LogP contribution in [0.15, 0.2) is 72.8 Å². The first-order chi connectivity index (χ1) is 20.4. The van der Waals surface area contributed by atoms with Crippen molar-refractivity contribution in [3.05, 3.63) is 83.9 Å². The van der Waals surface area contributed by atoms with Crippen molar-refractivity contribution in [3.8, 4) is 0 Å². The zero-order valence-corrected chi connectivity index (χ0v) is 23.6. The van der Waals surface area contributed by atoms with Crippen LogP contribution in [0.1, 0.15) is 62.2 Å². The monoisotopic (exact) mass is 577 g/mol. The average Bonchev–Trinajstić information content (AvgIpc) is 3.47. The Labute approximate surface area is 245 Å². The number of nitrogens with one attached hydrogen (secondary N) is 3. The third kappa shape index (κ3) is 8.91. The predicted molar refractivity (Wildman–Crippen MR) is 155 cm³/mol. The van der Waals surface area contributed by atoms with Crippen molar-refractivity contribution in [2.45, 2.75) is 69.2 Å². The van der Waals surface area contributed by atoms with Gasteiger partial charge in [0.2, 0.25) is 11.8 Å². The Morgan fingerprint density at radius 3 is 2.33 bits per heavy atom. The number of hydrogen-bond donors (Lipinski definition) is 4. The molecule has 0 aromatic heterocycles. The van der Waals surface area contributed by atoms with E-state index in [9.17, 15) is 24.3 Å². The molecule has 0 spiro atoms. The first-order valence-electron chi connectivity index (χ1n) is 14.4. The molecule has 2 aromatic rings. The molecular formula is C32H39N3O7. The fourth-order valence-corrected chi connectivity index (χ4v) is 5.30. The number of cyclic esters (lactones) is 1. The van der Waals surface area contributed by atoms with Gasteiger partial charge in [0.25, 0.3) is 0 Å². The Bertz CT molecular complexity index is 1230. The molecule has 10 heteroatoms. The number of esters is 1. The molecule has 10 nitrogen and oxygen atoms in total. The Morgan fingerprint density at radius 1 is 0.976 bits per heavy atom. The second kappa shape index (κ2) is 15.2. The molecule has 1 saturated carbocycles.